The number of halogens is 2. The molecular formula is C8H7ClFSi. The maximum absolute atomic E-state index is 12.9. The largest absolute Gasteiger partial charge is 0.207 e. The van der Waals surface area contributed by atoms with Gasteiger partial charge in [0.25, 0.3) is 0 Å². The molecule has 0 aliphatic rings. The van der Waals surface area contributed by atoms with Crippen LogP contribution in [0.3, 0.4) is 0 Å². The van der Waals surface area contributed by atoms with Gasteiger partial charge in [-0.3, -0.25) is 0 Å². The second-order valence-electron chi connectivity index (χ2n) is 2.24. The molecule has 0 aliphatic heterocycles. The van der Waals surface area contributed by atoms with Crippen molar-refractivity contribution in [2.75, 3.05) is 0 Å². The summed E-state index contributed by atoms with van der Waals surface area (Å²) in [5.74, 6) is -0.226. The fourth-order valence-electron chi connectivity index (χ4n) is 0.859. The summed E-state index contributed by atoms with van der Waals surface area (Å²) >= 11 is 5.56. The molecule has 11 heavy (non-hydrogen) atoms. The van der Waals surface area contributed by atoms with Crippen LogP contribution in [0.5, 0.6) is 0 Å². The molecule has 0 heterocycles. The number of aryl methyl sites for hydroxylation is 1. The average molecular weight is 186 g/mol. The minimum atomic E-state index is -0.226. The molecule has 0 saturated heterocycles. The van der Waals surface area contributed by atoms with Gasteiger partial charge in [-0.05, 0) is 24.1 Å². The summed E-state index contributed by atoms with van der Waals surface area (Å²) in [6.07, 6.45) is 0.694. The van der Waals surface area contributed by atoms with Gasteiger partial charge in [0.15, 0.2) is 0 Å². The Morgan fingerprint density at radius 2 is 2.18 bits per heavy atom. The summed E-state index contributed by atoms with van der Waals surface area (Å²) in [5, 5.41) is 0.445. The van der Waals surface area contributed by atoms with Crippen molar-refractivity contribution in [1.82, 2.24) is 0 Å². The van der Waals surface area contributed by atoms with Crippen LogP contribution >= 0.6 is 11.6 Å². The zero-order valence-electron chi connectivity index (χ0n) is 5.90. The zero-order chi connectivity index (χ0) is 8.27. The minimum absolute atomic E-state index is 0.226. The van der Waals surface area contributed by atoms with Crippen molar-refractivity contribution < 1.29 is 4.39 Å². The summed E-state index contributed by atoms with van der Waals surface area (Å²) in [6.45, 7) is 0. The van der Waals surface area contributed by atoms with E-state index in [9.17, 15) is 4.39 Å². The van der Waals surface area contributed by atoms with Crippen LogP contribution in [0.15, 0.2) is 18.2 Å². The van der Waals surface area contributed by atoms with E-state index in [1.54, 1.807) is 12.1 Å². The van der Waals surface area contributed by atoms with Crippen LogP contribution in [0.1, 0.15) is 5.56 Å². The van der Waals surface area contributed by atoms with Crippen molar-refractivity contribution in [2.45, 2.75) is 12.5 Å². The van der Waals surface area contributed by atoms with Crippen molar-refractivity contribution in [2.24, 2.45) is 0 Å². The van der Waals surface area contributed by atoms with Gasteiger partial charge in [-0.25, -0.2) is 4.39 Å². The molecule has 1 rings (SSSR count). The second kappa shape index (κ2) is 3.88. The predicted molar refractivity (Wildman–Crippen MR) is 45.7 cm³/mol. The first-order valence-corrected chi connectivity index (χ1v) is 4.41. The van der Waals surface area contributed by atoms with E-state index in [4.69, 9.17) is 11.6 Å². The highest BCUT2D eigenvalue weighted by Crippen LogP contribution is 2.15. The van der Waals surface area contributed by atoms with E-state index in [0.29, 0.717) is 17.0 Å². The lowest BCUT2D eigenvalue weighted by Gasteiger charge is -1.99. The Hall–Kier alpha value is -0.343. The quantitative estimate of drug-likeness (QED) is 0.622. The number of rotatable bonds is 2. The summed E-state index contributed by atoms with van der Waals surface area (Å²) in [5.41, 5.74) is 0.699. The van der Waals surface area contributed by atoms with Crippen LogP contribution in [0.25, 0.3) is 0 Å². The standard InChI is InChI=1S/C8H7ClFSi/c9-7-2-1-6(3-4-11)8(10)5-7/h1-2,5H,3-4H2. The third kappa shape index (κ3) is 2.31. The Morgan fingerprint density at radius 3 is 2.73 bits per heavy atom. The first-order valence-electron chi connectivity index (χ1n) is 3.32. The summed E-state index contributed by atoms with van der Waals surface area (Å²) < 4.78 is 12.9. The van der Waals surface area contributed by atoms with Crippen molar-refractivity contribution in [3.63, 3.8) is 0 Å². The topological polar surface area (TPSA) is 0 Å². The van der Waals surface area contributed by atoms with Gasteiger partial charge in [0, 0.05) is 15.3 Å². The lowest BCUT2D eigenvalue weighted by Crippen LogP contribution is -1.88. The Bertz CT molecular complexity index is 250. The molecule has 0 N–H and O–H groups in total. The van der Waals surface area contributed by atoms with Crippen molar-refractivity contribution >= 4 is 21.8 Å². The lowest BCUT2D eigenvalue weighted by atomic mass is 10.1. The number of benzene rings is 1. The third-order valence-electron chi connectivity index (χ3n) is 1.41. The molecular weight excluding hydrogens is 179 g/mol. The van der Waals surface area contributed by atoms with Gasteiger partial charge in [0.2, 0.25) is 0 Å². The maximum atomic E-state index is 12.9. The van der Waals surface area contributed by atoms with E-state index in [1.807, 2.05) is 0 Å². The van der Waals surface area contributed by atoms with Crippen molar-refractivity contribution in [3.8, 4) is 0 Å². The van der Waals surface area contributed by atoms with Gasteiger partial charge in [-0.15, -0.1) is 0 Å². The molecule has 3 heteroatoms. The monoisotopic (exact) mass is 185 g/mol. The molecule has 0 saturated carbocycles. The van der Waals surface area contributed by atoms with Gasteiger partial charge in [-0.2, -0.15) is 0 Å². The maximum Gasteiger partial charge on any atom is 0.127 e. The van der Waals surface area contributed by atoms with Crippen molar-refractivity contribution in [3.05, 3.63) is 34.6 Å². The first-order chi connectivity index (χ1) is 5.24. The minimum Gasteiger partial charge on any atom is -0.207 e. The molecule has 0 atom stereocenters. The number of hydrogen-bond donors (Lipinski definition) is 0. The van der Waals surface area contributed by atoms with E-state index in [0.717, 1.165) is 6.04 Å². The Kier molecular flexibility index (Phi) is 3.09. The summed E-state index contributed by atoms with van der Waals surface area (Å²) in [7, 11) is 3.28. The van der Waals surface area contributed by atoms with E-state index in [1.165, 1.54) is 6.07 Å². The smallest absolute Gasteiger partial charge is 0.127 e. The fourth-order valence-corrected chi connectivity index (χ4v) is 1.29. The van der Waals surface area contributed by atoms with E-state index in [-0.39, 0.29) is 5.82 Å². The molecule has 0 spiro atoms. The highest BCUT2D eigenvalue weighted by Gasteiger charge is 2.00. The Labute approximate surface area is 73.8 Å². The predicted octanol–water partition coefficient (Wildman–Crippen LogP) is 2.61. The number of hydrogen-bond acceptors (Lipinski definition) is 0. The van der Waals surface area contributed by atoms with Gasteiger partial charge >= 0.3 is 0 Å². The van der Waals surface area contributed by atoms with Crippen LogP contribution < -0.4 is 0 Å². The van der Waals surface area contributed by atoms with Gasteiger partial charge in [0.1, 0.15) is 5.82 Å². The Morgan fingerprint density at radius 1 is 1.45 bits per heavy atom. The highest BCUT2D eigenvalue weighted by atomic mass is 35.5. The molecule has 1 aromatic rings. The Balaban J connectivity index is 2.90. The highest BCUT2D eigenvalue weighted by molar-refractivity contribution is 6.30. The molecule has 3 radical (unpaired) electrons. The van der Waals surface area contributed by atoms with Crippen LogP contribution in [0, 0.1) is 5.82 Å². The molecule has 0 bridgehead atoms. The fraction of sp³-hybridized carbons (Fsp3) is 0.250. The third-order valence-corrected chi connectivity index (χ3v) is 1.89. The van der Waals surface area contributed by atoms with E-state index >= 15 is 0 Å². The average Bonchev–Trinajstić information content (AvgIpc) is 1.95. The molecule has 0 fully saturated rings. The second-order valence-corrected chi connectivity index (χ2v) is 3.17. The van der Waals surface area contributed by atoms with E-state index in [2.05, 4.69) is 10.2 Å². The normalized spacial score (nSPS) is 10.1. The SMILES string of the molecule is Fc1cc(Cl)ccc1CC[Si]. The first kappa shape index (κ1) is 8.75. The van der Waals surface area contributed by atoms with Crippen LogP contribution in [-0.2, 0) is 6.42 Å². The molecule has 0 aliphatic carbocycles. The molecule has 0 aromatic heterocycles. The van der Waals surface area contributed by atoms with Gasteiger partial charge in [-0.1, -0.05) is 23.7 Å². The van der Waals surface area contributed by atoms with Crippen LogP contribution in [0.4, 0.5) is 4.39 Å². The van der Waals surface area contributed by atoms with Gasteiger partial charge in [0.05, 0.1) is 0 Å². The zero-order valence-corrected chi connectivity index (χ0v) is 7.66. The molecule has 0 amide bonds. The van der Waals surface area contributed by atoms with Gasteiger partial charge < -0.3 is 0 Å². The summed E-state index contributed by atoms with van der Waals surface area (Å²) in [6, 6.07) is 5.50. The molecule has 1 aromatic carbocycles. The lowest BCUT2D eigenvalue weighted by molar-refractivity contribution is 0.612. The molecule has 57 valence electrons. The summed E-state index contributed by atoms with van der Waals surface area (Å²) in [4.78, 5) is 0. The van der Waals surface area contributed by atoms with Crippen LogP contribution in [-0.4, -0.2) is 10.2 Å². The molecule has 0 unspecified atom stereocenters. The molecule has 0 nitrogen and oxygen atoms in total. The van der Waals surface area contributed by atoms with E-state index < -0.39 is 0 Å². The van der Waals surface area contributed by atoms with Crippen LogP contribution in [0.2, 0.25) is 11.1 Å². The van der Waals surface area contributed by atoms with Crippen molar-refractivity contribution in [1.29, 1.82) is 0 Å².